The molecule has 2 aromatic rings. The van der Waals surface area contributed by atoms with E-state index in [1.807, 2.05) is 36.4 Å². The SMILES string of the molecule is COc1ccc(SCC(=O)N/N=C/c2cc3c(cc2Cl)N(C)C(C)(C)C=C3C)cc1. The van der Waals surface area contributed by atoms with Gasteiger partial charge in [-0.2, -0.15) is 5.10 Å². The topological polar surface area (TPSA) is 53.9 Å². The molecule has 5 nitrogen and oxygen atoms in total. The molecule has 1 amide bonds. The van der Waals surface area contributed by atoms with Crippen molar-refractivity contribution in [1.29, 1.82) is 0 Å². The highest BCUT2D eigenvalue weighted by Crippen LogP contribution is 2.40. The van der Waals surface area contributed by atoms with E-state index in [1.54, 1.807) is 13.3 Å². The standard InChI is InChI=1S/C23H26ClN3O2S/c1-15-12-23(2,3)27(4)21-11-20(24)16(10-19(15)21)13-25-26-22(28)14-30-18-8-6-17(29-5)7-9-18/h6-13H,14H2,1-5H3,(H,26,28)/b25-13+. The molecule has 0 spiro atoms. The van der Waals surface area contributed by atoms with Crippen molar-refractivity contribution < 1.29 is 9.53 Å². The van der Waals surface area contributed by atoms with Gasteiger partial charge < -0.3 is 9.64 Å². The molecule has 7 heteroatoms. The van der Waals surface area contributed by atoms with Crippen LogP contribution in [-0.4, -0.2) is 37.6 Å². The van der Waals surface area contributed by atoms with E-state index in [9.17, 15) is 4.79 Å². The van der Waals surface area contributed by atoms with Crippen molar-refractivity contribution in [1.82, 2.24) is 5.43 Å². The number of allylic oxidation sites excluding steroid dienone is 1. The summed E-state index contributed by atoms with van der Waals surface area (Å²) in [6.45, 7) is 6.44. The number of hydrogen-bond donors (Lipinski definition) is 1. The Morgan fingerprint density at radius 3 is 2.67 bits per heavy atom. The molecule has 0 aromatic heterocycles. The number of hydrogen-bond acceptors (Lipinski definition) is 5. The van der Waals surface area contributed by atoms with Gasteiger partial charge in [-0.05, 0) is 62.7 Å². The number of likely N-dealkylation sites (N-methyl/N-ethyl adjacent to an activating group) is 1. The Balaban J connectivity index is 1.63. The van der Waals surface area contributed by atoms with Gasteiger partial charge in [0.25, 0.3) is 0 Å². The molecule has 0 aliphatic carbocycles. The monoisotopic (exact) mass is 443 g/mol. The van der Waals surface area contributed by atoms with Crippen LogP contribution in [0.4, 0.5) is 5.69 Å². The third kappa shape index (κ3) is 4.99. The second-order valence-corrected chi connectivity index (χ2v) is 9.14. The zero-order valence-corrected chi connectivity index (χ0v) is 19.4. The van der Waals surface area contributed by atoms with Crippen molar-refractivity contribution >= 4 is 46.7 Å². The van der Waals surface area contributed by atoms with Crippen molar-refractivity contribution in [3.05, 3.63) is 58.6 Å². The van der Waals surface area contributed by atoms with Crippen LogP contribution in [-0.2, 0) is 4.79 Å². The molecule has 0 saturated carbocycles. The summed E-state index contributed by atoms with van der Waals surface area (Å²) in [5.74, 6) is 0.873. The molecular weight excluding hydrogens is 418 g/mol. The number of carbonyl (C=O) groups is 1. The second kappa shape index (κ2) is 9.14. The van der Waals surface area contributed by atoms with Gasteiger partial charge in [-0.15, -0.1) is 11.8 Å². The average molecular weight is 444 g/mol. The highest BCUT2D eigenvalue weighted by molar-refractivity contribution is 8.00. The number of methoxy groups -OCH3 is 1. The molecule has 0 fully saturated rings. The fraction of sp³-hybridized carbons (Fsp3) is 0.304. The van der Waals surface area contributed by atoms with Crippen LogP contribution in [0.1, 0.15) is 31.9 Å². The van der Waals surface area contributed by atoms with E-state index in [0.29, 0.717) is 5.02 Å². The number of hydrazone groups is 1. The Morgan fingerprint density at radius 1 is 1.30 bits per heavy atom. The predicted molar refractivity (Wildman–Crippen MR) is 127 cm³/mol. The van der Waals surface area contributed by atoms with Gasteiger partial charge in [0.15, 0.2) is 0 Å². The Labute approximate surface area is 187 Å². The molecular formula is C23H26ClN3O2S. The van der Waals surface area contributed by atoms with E-state index in [-0.39, 0.29) is 17.2 Å². The van der Waals surface area contributed by atoms with Crippen molar-refractivity contribution in [2.75, 3.05) is 24.8 Å². The summed E-state index contributed by atoms with van der Waals surface area (Å²) in [6.07, 6.45) is 3.83. The van der Waals surface area contributed by atoms with E-state index in [1.165, 1.54) is 17.3 Å². The lowest BCUT2D eigenvalue weighted by molar-refractivity contribution is -0.118. The summed E-state index contributed by atoms with van der Waals surface area (Å²) in [6, 6.07) is 11.5. The number of carbonyl (C=O) groups excluding carboxylic acids is 1. The maximum absolute atomic E-state index is 12.1. The Hall–Kier alpha value is -2.44. The number of thioether (sulfide) groups is 1. The first-order valence-electron chi connectivity index (χ1n) is 9.57. The van der Waals surface area contributed by atoms with Crippen LogP contribution in [0.2, 0.25) is 5.02 Å². The summed E-state index contributed by atoms with van der Waals surface area (Å²) in [7, 11) is 3.69. The fourth-order valence-corrected chi connectivity index (χ4v) is 4.21. The predicted octanol–water partition coefficient (Wildman–Crippen LogP) is 5.22. The first-order valence-corrected chi connectivity index (χ1v) is 10.9. The van der Waals surface area contributed by atoms with Gasteiger partial charge >= 0.3 is 0 Å². The lowest BCUT2D eigenvalue weighted by atomic mass is 9.88. The van der Waals surface area contributed by atoms with Crippen molar-refractivity contribution in [2.45, 2.75) is 31.2 Å². The number of rotatable bonds is 6. The minimum absolute atomic E-state index is 0.0778. The fourth-order valence-electron chi connectivity index (χ4n) is 3.31. The van der Waals surface area contributed by atoms with Crippen LogP contribution in [0.15, 0.2) is 52.5 Å². The normalized spacial score (nSPS) is 15.0. The van der Waals surface area contributed by atoms with Crippen LogP contribution >= 0.6 is 23.4 Å². The number of nitrogens with one attached hydrogen (secondary N) is 1. The van der Waals surface area contributed by atoms with Gasteiger partial charge in [0, 0.05) is 28.8 Å². The summed E-state index contributed by atoms with van der Waals surface area (Å²) in [5, 5.41) is 4.68. The highest BCUT2D eigenvalue weighted by atomic mass is 35.5. The molecule has 0 radical (unpaired) electrons. The third-order valence-corrected chi connectivity index (χ3v) is 6.50. The van der Waals surface area contributed by atoms with E-state index >= 15 is 0 Å². The highest BCUT2D eigenvalue weighted by Gasteiger charge is 2.29. The zero-order chi connectivity index (χ0) is 21.9. The largest absolute Gasteiger partial charge is 0.497 e. The average Bonchev–Trinajstić information content (AvgIpc) is 2.71. The Bertz CT molecular complexity index is 1000. The van der Waals surface area contributed by atoms with Crippen molar-refractivity contribution in [3.63, 3.8) is 0 Å². The van der Waals surface area contributed by atoms with Crippen molar-refractivity contribution in [2.24, 2.45) is 5.10 Å². The van der Waals surface area contributed by atoms with Gasteiger partial charge in [-0.25, -0.2) is 5.43 Å². The quantitative estimate of drug-likeness (QED) is 0.377. The molecule has 0 bridgehead atoms. The zero-order valence-electron chi connectivity index (χ0n) is 17.8. The molecule has 3 rings (SSSR count). The Kier molecular flexibility index (Phi) is 6.78. The number of anilines is 1. The van der Waals surface area contributed by atoms with E-state index in [4.69, 9.17) is 16.3 Å². The lowest BCUT2D eigenvalue weighted by Gasteiger charge is -2.40. The molecule has 0 unspecified atom stereocenters. The third-order valence-electron chi connectivity index (χ3n) is 5.16. The van der Waals surface area contributed by atoms with Crippen LogP contribution < -0.4 is 15.1 Å². The smallest absolute Gasteiger partial charge is 0.250 e. The molecule has 0 saturated heterocycles. The molecule has 1 aliphatic heterocycles. The Morgan fingerprint density at radius 2 is 2.00 bits per heavy atom. The maximum atomic E-state index is 12.1. The number of amides is 1. The number of fused-ring (bicyclic) bond motifs is 1. The van der Waals surface area contributed by atoms with Crippen molar-refractivity contribution in [3.8, 4) is 5.75 Å². The van der Waals surface area contributed by atoms with Crippen LogP contribution in [0.5, 0.6) is 5.75 Å². The summed E-state index contributed by atoms with van der Waals surface area (Å²) < 4.78 is 5.13. The van der Waals surface area contributed by atoms with Gasteiger partial charge in [-0.3, -0.25) is 4.79 Å². The second-order valence-electron chi connectivity index (χ2n) is 7.69. The van der Waals surface area contributed by atoms with Crippen LogP contribution in [0, 0.1) is 0 Å². The summed E-state index contributed by atoms with van der Waals surface area (Å²) >= 11 is 7.92. The van der Waals surface area contributed by atoms with Gasteiger partial charge in [0.2, 0.25) is 5.91 Å². The minimum atomic E-state index is -0.182. The molecule has 1 aliphatic rings. The molecule has 1 N–H and O–H groups in total. The minimum Gasteiger partial charge on any atom is -0.497 e. The number of ether oxygens (including phenoxy) is 1. The van der Waals surface area contributed by atoms with Crippen LogP contribution in [0.25, 0.3) is 5.57 Å². The molecule has 30 heavy (non-hydrogen) atoms. The molecule has 0 atom stereocenters. The first kappa shape index (κ1) is 22.2. The van der Waals surface area contributed by atoms with Crippen LogP contribution in [0.3, 0.4) is 0 Å². The van der Waals surface area contributed by atoms with E-state index in [2.05, 4.69) is 49.3 Å². The summed E-state index contributed by atoms with van der Waals surface area (Å²) in [4.78, 5) is 15.3. The molecule has 1 heterocycles. The first-order chi connectivity index (χ1) is 14.2. The number of halogens is 1. The van der Waals surface area contributed by atoms with Gasteiger partial charge in [0.1, 0.15) is 5.75 Å². The number of nitrogens with zero attached hydrogens (tertiary/aromatic N) is 2. The molecule has 158 valence electrons. The lowest BCUT2D eigenvalue weighted by Crippen LogP contribution is -2.42. The molecule has 2 aromatic carbocycles. The number of benzene rings is 2. The van der Waals surface area contributed by atoms with Gasteiger partial charge in [-0.1, -0.05) is 17.7 Å². The van der Waals surface area contributed by atoms with E-state index < -0.39 is 0 Å². The maximum Gasteiger partial charge on any atom is 0.250 e. The van der Waals surface area contributed by atoms with Gasteiger partial charge in [0.05, 0.1) is 29.6 Å². The summed E-state index contributed by atoms with van der Waals surface area (Å²) in [5.41, 5.74) is 6.65. The van der Waals surface area contributed by atoms with E-state index in [0.717, 1.165) is 27.5 Å².